The van der Waals surface area contributed by atoms with Crippen LogP contribution in [0.1, 0.15) is 32.1 Å². The Morgan fingerprint density at radius 3 is 2.14 bits per heavy atom. The Morgan fingerprint density at radius 1 is 1.00 bits per heavy atom. The van der Waals surface area contributed by atoms with Gasteiger partial charge >= 0.3 is 6.18 Å². The predicted octanol–water partition coefficient (Wildman–Crippen LogP) is 3.28. The van der Waals surface area contributed by atoms with Crippen LogP contribution in [0.3, 0.4) is 0 Å². The molecule has 0 unspecified atom stereocenters. The Hall–Kier alpha value is -1.56. The van der Waals surface area contributed by atoms with Crippen molar-refractivity contribution in [3.63, 3.8) is 0 Å². The molecule has 1 spiro atoms. The molecule has 2 aliphatic rings. The van der Waals surface area contributed by atoms with Crippen molar-refractivity contribution in [2.75, 3.05) is 11.4 Å². The minimum atomic E-state index is -4.63. The topological polar surface area (TPSA) is 40.5 Å². The van der Waals surface area contributed by atoms with Crippen LogP contribution in [0.2, 0.25) is 0 Å². The average molecular weight is 313 g/mol. The lowest BCUT2D eigenvalue weighted by Gasteiger charge is -2.41. The van der Waals surface area contributed by atoms with Crippen LogP contribution in [-0.2, 0) is 4.79 Å². The summed E-state index contributed by atoms with van der Waals surface area (Å²) in [6.07, 6.45) is -4.70. The standard InChI is InChI=1S/C16H18F3NO2/c17-16(18,19)15(22)8-6-14(7-9-15)10-11-20(13(14)21)12-4-2-1-3-5-12/h1-5,22H,6-11H2. The van der Waals surface area contributed by atoms with Crippen LogP contribution in [-0.4, -0.2) is 29.3 Å². The van der Waals surface area contributed by atoms with Gasteiger partial charge in [0.15, 0.2) is 5.60 Å². The summed E-state index contributed by atoms with van der Waals surface area (Å²) in [5.41, 5.74) is -2.60. The molecule has 6 heteroatoms. The van der Waals surface area contributed by atoms with E-state index in [0.29, 0.717) is 13.0 Å². The fraction of sp³-hybridized carbons (Fsp3) is 0.562. The Morgan fingerprint density at radius 2 is 1.59 bits per heavy atom. The van der Waals surface area contributed by atoms with Crippen LogP contribution >= 0.6 is 0 Å². The molecule has 2 fully saturated rings. The Labute approximate surface area is 126 Å². The molecule has 0 radical (unpaired) electrons. The number of hydrogen-bond donors (Lipinski definition) is 1. The highest BCUT2D eigenvalue weighted by atomic mass is 19.4. The van der Waals surface area contributed by atoms with Crippen LogP contribution in [0.4, 0.5) is 18.9 Å². The van der Waals surface area contributed by atoms with Gasteiger partial charge in [-0.05, 0) is 44.2 Å². The van der Waals surface area contributed by atoms with Gasteiger partial charge in [-0.2, -0.15) is 13.2 Å². The maximum Gasteiger partial charge on any atom is 0.417 e. The number of benzene rings is 1. The van der Waals surface area contributed by atoms with Crippen molar-refractivity contribution in [1.82, 2.24) is 0 Å². The van der Waals surface area contributed by atoms with Crippen LogP contribution < -0.4 is 4.90 Å². The molecule has 1 amide bonds. The lowest BCUT2D eigenvalue weighted by molar-refractivity contribution is -0.274. The number of amides is 1. The third-order valence-corrected chi connectivity index (χ3v) is 5.14. The van der Waals surface area contributed by atoms with E-state index in [2.05, 4.69) is 0 Å². The number of rotatable bonds is 1. The molecule has 0 atom stereocenters. The molecule has 3 rings (SSSR count). The summed E-state index contributed by atoms with van der Waals surface area (Å²) in [7, 11) is 0. The number of anilines is 1. The van der Waals surface area contributed by atoms with Gasteiger partial charge in [0.25, 0.3) is 0 Å². The first-order valence-corrected chi connectivity index (χ1v) is 7.44. The SMILES string of the molecule is O=C1N(c2ccccc2)CCC12CCC(O)(C(F)(F)F)CC2. The minimum absolute atomic E-state index is 0.0885. The van der Waals surface area contributed by atoms with Crippen molar-refractivity contribution in [1.29, 1.82) is 0 Å². The van der Waals surface area contributed by atoms with E-state index >= 15 is 0 Å². The molecule has 1 aromatic carbocycles. The number of nitrogens with zero attached hydrogens (tertiary/aromatic N) is 1. The first-order valence-electron chi connectivity index (χ1n) is 7.44. The zero-order chi connectivity index (χ0) is 16.0. The molecule has 0 bridgehead atoms. The average Bonchev–Trinajstić information content (AvgIpc) is 2.80. The van der Waals surface area contributed by atoms with E-state index in [1.165, 1.54) is 0 Å². The summed E-state index contributed by atoms with van der Waals surface area (Å²) in [5.74, 6) is -0.108. The molecular weight excluding hydrogens is 295 g/mol. The quantitative estimate of drug-likeness (QED) is 0.864. The second kappa shape index (κ2) is 4.98. The van der Waals surface area contributed by atoms with E-state index in [9.17, 15) is 23.1 Å². The normalized spacial score (nSPS) is 32.7. The lowest BCUT2D eigenvalue weighted by atomic mass is 9.67. The Kier molecular flexibility index (Phi) is 3.47. The van der Waals surface area contributed by atoms with Gasteiger partial charge in [-0.25, -0.2) is 0 Å². The van der Waals surface area contributed by atoms with Gasteiger partial charge < -0.3 is 10.0 Å². The second-order valence-electron chi connectivity index (χ2n) is 6.35. The first-order chi connectivity index (χ1) is 10.3. The molecule has 120 valence electrons. The van der Waals surface area contributed by atoms with Crippen LogP contribution in [0.5, 0.6) is 0 Å². The molecular formula is C16H18F3NO2. The summed E-state index contributed by atoms with van der Waals surface area (Å²) in [6.45, 7) is 0.521. The molecule has 1 N–H and O–H groups in total. The van der Waals surface area contributed by atoms with E-state index < -0.39 is 30.0 Å². The van der Waals surface area contributed by atoms with Gasteiger partial charge in [-0.3, -0.25) is 4.79 Å². The molecule has 0 aromatic heterocycles. The van der Waals surface area contributed by atoms with Crippen molar-refractivity contribution in [3.05, 3.63) is 30.3 Å². The molecule has 1 saturated carbocycles. The molecule has 1 aliphatic carbocycles. The fourth-order valence-corrected chi connectivity index (χ4v) is 3.56. The molecule has 1 aliphatic heterocycles. The highest BCUT2D eigenvalue weighted by Gasteiger charge is 2.60. The summed E-state index contributed by atoms with van der Waals surface area (Å²) in [5, 5.41) is 9.77. The van der Waals surface area contributed by atoms with Crippen molar-refractivity contribution in [2.24, 2.45) is 5.41 Å². The van der Waals surface area contributed by atoms with E-state index in [1.807, 2.05) is 30.3 Å². The third kappa shape index (κ3) is 2.29. The molecule has 1 aromatic rings. The largest absolute Gasteiger partial charge is 0.417 e. The summed E-state index contributed by atoms with van der Waals surface area (Å²) < 4.78 is 38.7. The highest BCUT2D eigenvalue weighted by Crippen LogP contribution is 2.52. The van der Waals surface area contributed by atoms with Gasteiger partial charge in [0, 0.05) is 12.2 Å². The van der Waals surface area contributed by atoms with Crippen LogP contribution in [0, 0.1) is 5.41 Å². The maximum absolute atomic E-state index is 12.9. The van der Waals surface area contributed by atoms with Crippen molar-refractivity contribution >= 4 is 11.6 Å². The van der Waals surface area contributed by atoms with E-state index in [0.717, 1.165) is 5.69 Å². The highest BCUT2D eigenvalue weighted by molar-refractivity contribution is 5.99. The molecule has 22 heavy (non-hydrogen) atoms. The van der Waals surface area contributed by atoms with Gasteiger partial charge in [0.2, 0.25) is 5.91 Å². The van der Waals surface area contributed by atoms with Crippen molar-refractivity contribution in [3.8, 4) is 0 Å². The number of hydrogen-bond acceptors (Lipinski definition) is 2. The zero-order valence-corrected chi connectivity index (χ0v) is 12.1. The molecule has 1 heterocycles. The second-order valence-corrected chi connectivity index (χ2v) is 6.35. The molecule has 1 saturated heterocycles. The smallest absolute Gasteiger partial charge is 0.380 e. The summed E-state index contributed by atoms with van der Waals surface area (Å²) in [4.78, 5) is 14.4. The van der Waals surface area contributed by atoms with Crippen molar-refractivity contribution in [2.45, 2.75) is 43.9 Å². The van der Waals surface area contributed by atoms with Gasteiger partial charge in [-0.15, -0.1) is 0 Å². The zero-order valence-electron chi connectivity index (χ0n) is 12.1. The number of para-hydroxylation sites is 1. The maximum atomic E-state index is 12.9. The van der Waals surface area contributed by atoms with Crippen LogP contribution in [0.25, 0.3) is 0 Å². The fourth-order valence-electron chi connectivity index (χ4n) is 3.56. The number of aliphatic hydroxyl groups is 1. The minimum Gasteiger partial charge on any atom is -0.380 e. The third-order valence-electron chi connectivity index (χ3n) is 5.14. The Bertz CT molecular complexity index is 563. The monoisotopic (exact) mass is 313 g/mol. The number of carbonyl (C=O) groups excluding carboxylic acids is 1. The first kappa shape index (κ1) is 15.3. The van der Waals surface area contributed by atoms with Gasteiger partial charge in [0.1, 0.15) is 0 Å². The van der Waals surface area contributed by atoms with Crippen LogP contribution in [0.15, 0.2) is 30.3 Å². The number of halogens is 3. The van der Waals surface area contributed by atoms with Crippen molar-refractivity contribution < 1.29 is 23.1 Å². The summed E-state index contributed by atoms with van der Waals surface area (Å²) in [6, 6.07) is 9.16. The van der Waals surface area contributed by atoms with Gasteiger partial charge in [0.05, 0.1) is 5.41 Å². The Balaban J connectivity index is 1.77. The summed E-state index contributed by atoms with van der Waals surface area (Å²) >= 11 is 0. The van der Waals surface area contributed by atoms with Gasteiger partial charge in [-0.1, -0.05) is 18.2 Å². The molecule has 3 nitrogen and oxygen atoms in total. The number of alkyl halides is 3. The predicted molar refractivity (Wildman–Crippen MR) is 75.3 cm³/mol. The lowest BCUT2D eigenvalue weighted by Crippen LogP contribution is -2.51. The number of carbonyl (C=O) groups is 1. The van der Waals surface area contributed by atoms with E-state index in [1.54, 1.807) is 4.90 Å². The van der Waals surface area contributed by atoms with E-state index in [4.69, 9.17) is 0 Å². The van der Waals surface area contributed by atoms with E-state index in [-0.39, 0.29) is 18.7 Å².